The highest BCUT2D eigenvalue weighted by Gasteiger charge is 2.24. The fraction of sp³-hybridized carbons (Fsp3) is 0.500. The van der Waals surface area contributed by atoms with Crippen LogP contribution in [0.5, 0.6) is 0 Å². The van der Waals surface area contributed by atoms with Crippen LogP contribution in [0.2, 0.25) is 4.34 Å². The Morgan fingerprint density at radius 3 is 2.82 bits per heavy atom. The molecule has 1 unspecified atom stereocenters. The third-order valence-corrected chi connectivity index (χ3v) is 7.05. The lowest BCUT2D eigenvalue weighted by Crippen LogP contribution is -2.39. The van der Waals surface area contributed by atoms with Crippen molar-refractivity contribution >= 4 is 38.9 Å². The number of allylic oxidation sites excluding steroid dienone is 2. The summed E-state index contributed by atoms with van der Waals surface area (Å²) in [5.41, 5.74) is 0. The summed E-state index contributed by atoms with van der Waals surface area (Å²) in [6.07, 6.45) is 7.32. The molecule has 22 heavy (non-hydrogen) atoms. The minimum Gasteiger partial charge on any atom is -0.355 e. The Morgan fingerprint density at radius 2 is 2.23 bits per heavy atom. The topological polar surface area (TPSA) is 66.5 Å². The molecule has 0 aliphatic heterocycles. The molecule has 0 radical (unpaired) electrons. The monoisotopic (exact) mass is 362 g/mol. The molecule has 1 atom stereocenters. The largest absolute Gasteiger partial charge is 0.355 e. The summed E-state index contributed by atoms with van der Waals surface area (Å²) in [7, 11) is -2.27. The fourth-order valence-corrected chi connectivity index (χ4v) is 5.05. The molecule has 5 nitrogen and oxygen atoms in total. The quantitative estimate of drug-likeness (QED) is 0.790. The van der Waals surface area contributed by atoms with E-state index < -0.39 is 10.0 Å². The molecule has 8 heteroatoms. The lowest BCUT2D eigenvalue weighted by Gasteiger charge is -2.20. The van der Waals surface area contributed by atoms with Crippen LogP contribution >= 0.6 is 22.9 Å². The van der Waals surface area contributed by atoms with Crippen molar-refractivity contribution in [3.8, 4) is 0 Å². The van der Waals surface area contributed by atoms with Gasteiger partial charge in [-0.15, -0.1) is 11.3 Å². The van der Waals surface area contributed by atoms with Crippen LogP contribution in [-0.2, 0) is 14.8 Å². The predicted molar refractivity (Wildman–Crippen MR) is 88.6 cm³/mol. The number of thiophene rings is 1. The van der Waals surface area contributed by atoms with Crippen LogP contribution in [0.25, 0.3) is 0 Å². The van der Waals surface area contributed by atoms with Gasteiger partial charge in [0, 0.05) is 13.6 Å². The maximum Gasteiger partial charge on any atom is 0.252 e. The Balaban J connectivity index is 1.86. The summed E-state index contributed by atoms with van der Waals surface area (Å²) in [5.74, 6) is 0.148. The van der Waals surface area contributed by atoms with Crippen molar-refractivity contribution in [1.82, 2.24) is 9.62 Å². The summed E-state index contributed by atoms with van der Waals surface area (Å²) < 4.78 is 26.1. The van der Waals surface area contributed by atoms with Crippen LogP contribution in [0.15, 0.2) is 28.5 Å². The molecule has 0 saturated carbocycles. The summed E-state index contributed by atoms with van der Waals surface area (Å²) in [5, 5.41) is 2.81. The lowest BCUT2D eigenvalue weighted by atomic mass is 9.94. The van der Waals surface area contributed by atoms with Crippen LogP contribution in [0.4, 0.5) is 0 Å². The van der Waals surface area contributed by atoms with Crippen LogP contribution in [0.3, 0.4) is 0 Å². The van der Waals surface area contributed by atoms with Crippen LogP contribution in [-0.4, -0.2) is 38.8 Å². The number of carbonyl (C=O) groups is 1. The summed E-state index contributed by atoms with van der Waals surface area (Å²) in [6, 6.07) is 2.98. The van der Waals surface area contributed by atoms with Crippen LogP contribution in [0.1, 0.15) is 19.3 Å². The van der Waals surface area contributed by atoms with E-state index in [0.29, 0.717) is 16.8 Å². The van der Waals surface area contributed by atoms with Gasteiger partial charge in [0.15, 0.2) is 0 Å². The molecule has 2 rings (SSSR count). The summed E-state index contributed by atoms with van der Waals surface area (Å²) >= 11 is 6.75. The molecule has 0 saturated heterocycles. The third-order valence-electron chi connectivity index (χ3n) is 3.54. The van der Waals surface area contributed by atoms with E-state index in [1.54, 1.807) is 0 Å². The molecule has 0 spiro atoms. The minimum absolute atomic E-state index is 0.144. The highest BCUT2D eigenvalue weighted by atomic mass is 35.5. The maximum absolute atomic E-state index is 12.3. The molecule has 1 aromatic heterocycles. The van der Waals surface area contributed by atoms with E-state index in [1.807, 2.05) is 0 Å². The Morgan fingerprint density at radius 1 is 1.45 bits per heavy atom. The molecule has 122 valence electrons. The second-order valence-corrected chi connectivity index (χ2v) is 9.26. The average Bonchev–Trinajstić information content (AvgIpc) is 2.93. The maximum atomic E-state index is 12.3. The van der Waals surface area contributed by atoms with Gasteiger partial charge in [-0.3, -0.25) is 4.79 Å². The van der Waals surface area contributed by atoms with E-state index >= 15 is 0 Å². The molecule has 1 N–H and O–H groups in total. The fourth-order valence-electron chi connectivity index (χ4n) is 2.23. The molecule has 0 fully saturated rings. The van der Waals surface area contributed by atoms with Crippen molar-refractivity contribution in [2.24, 2.45) is 5.92 Å². The number of nitrogens with one attached hydrogen (secondary N) is 1. The number of sulfonamides is 1. The third kappa shape index (κ3) is 4.55. The first kappa shape index (κ1) is 17.5. The first-order chi connectivity index (χ1) is 10.4. The van der Waals surface area contributed by atoms with Crippen LogP contribution < -0.4 is 5.32 Å². The Kier molecular flexibility index (Phi) is 6.02. The minimum atomic E-state index is -3.66. The van der Waals surface area contributed by atoms with Gasteiger partial charge in [0.25, 0.3) is 10.0 Å². The number of carbonyl (C=O) groups excluding carboxylic acids is 1. The van der Waals surface area contributed by atoms with Crippen molar-refractivity contribution in [3.63, 3.8) is 0 Å². The highest BCUT2D eigenvalue weighted by molar-refractivity contribution is 7.91. The van der Waals surface area contributed by atoms with E-state index in [1.165, 1.54) is 19.2 Å². The number of nitrogens with zero attached hydrogens (tertiary/aromatic N) is 1. The smallest absolute Gasteiger partial charge is 0.252 e. The van der Waals surface area contributed by atoms with Gasteiger partial charge in [-0.05, 0) is 37.3 Å². The number of likely N-dealkylation sites (N-methyl/N-ethyl adjacent to an activating group) is 1. The molecule has 1 aromatic rings. The molecule has 1 amide bonds. The van der Waals surface area contributed by atoms with Gasteiger partial charge in [0.05, 0.1) is 10.9 Å². The van der Waals surface area contributed by atoms with Crippen molar-refractivity contribution in [2.75, 3.05) is 20.1 Å². The van der Waals surface area contributed by atoms with Crippen molar-refractivity contribution in [1.29, 1.82) is 0 Å². The van der Waals surface area contributed by atoms with Gasteiger partial charge in [0.1, 0.15) is 4.21 Å². The van der Waals surface area contributed by atoms with Crippen molar-refractivity contribution in [2.45, 2.75) is 23.5 Å². The molecule has 1 aliphatic carbocycles. The highest BCUT2D eigenvalue weighted by Crippen LogP contribution is 2.27. The average molecular weight is 363 g/mol. The number of hydrogen-bond acceptors (Lipinski definition) is 4. The van der Waals surface area contributed by atoms with Crippen molar-refractivity contribution in [3.05, 3.63) is 28.6 Å². The molecular formula is C14H19ClN2O3S2. The molecule has 0 aromatic carbocycles. The SMILES string of the molecule is CN(CC(=O)NCC1CC=CCC1)S(=O)(=O)c1ccc(Cl)s1. The first-order valence-electron chi connectivity index (χ1n) is 7.03. The van der Waals surface area contributed by atoms with Gasteiger partial charge < -0.3 is 5.32 Å². The van der Waals surface area contributed by atoms with Gasteiger partial charge in [-0.2, -0.15) is 4.31 Å². The number of halogens is 1. The molecule has 0 bridgehead atoms. The summed E-state index contributed by atoms with van der Waals surface area (Å²) in [6.45, 7) is 0.391. The Bertz CT molecular complexity index is 655. The van der Waals surface area contributed by atoms with Gasteiger partial charge >= 0.3 is 0 Å². The van der Waals surface area contributed by atoms with E-state index in [9.17, 15) is 13.2 Å². The second-order valence-electron chi connectivity index (χ2n) is 5.27. The first-order valence-corrected chi connectivity index (χ1v) is 9.66. The van der Waals surface area contributed by atoms with Gasteiger partial charge in [-0.1, -0.05) is 23.8 Å². The zero-order valence-corrected chi connectivity index (χ0v) is 14.7. The molecule has 1 aliphatic rings. The summed E-state index contributed by atoms with van der Waals surface area (Å²) in [4.78, 5) is 11.9. The Hall–Kier alpha value is -0.890. The number of hydrogen-bond donors (Lipinski definition) is 1. The van der Waals surface area contributed by atoms with Crippen molar-refractivity contribution < 1.29 is 13.2 Å². The number of amides is 1. The van der Waals surface area contributed by atoms with Crippen LogP contribution in [0, 0.1) is 5.92 Å². The van der Waals surface area contributed by atoms with E-state index in [2.05, 4.69) is 17.5 Å². The second kappa shape index (κ2) is 7.59. The lowest BCUT2D eigenvalue weighted by molar-refractivity contribution is -0.121. The molecular weight excluding hydrogens is 344 g/mol. The predicted octanol–water partition coefficient (Wildman–Crippen LogP) is 2.49. The van der Waals surface area contributed by atoms with E-state index in [0.717, 1.165) is 34.9 Å². The van der Waals surface area contributed by atoms with E-state index in [-0.39, 0.29) is 16.7 Å². The zero-order valence-electron chi connectivity index (χ0n) is 12.3. The standard InChI is InChI=1S/C14H19ClN2O3S2/c1-17(22(19,20)14-8-7-12(15)21-14)10-13(18)16-9-11-5-3-2-4-6-11/h2-3,7-8,11H,4-6,9-10H2,1H3,(H,16,18). The van der Waals surface area contributed by atoms with Gasteiger partial charge in [0.2, 0.25) is 5.91 Å². The number of rotatable bonds is 6. The zero-order chi connectivity index (χ0) is 16.2. The van der Waals surface area contributed by atoms with Gasteiger partial charge in [-0.25, -0.2) is 8.42 Å². The normalized spacial score (nSPS) is 18.6. The molecule has 1 heterocycles. The van der Waals surface area contributed by atoms with E-state index in [4.69, 9.17) is 11.6 Å². The Labute approximate surface area is 140 Å².